The average molecular weight is 386 g/mol. The van der Waals surface area contributed by atoms with Crippen LogP contribution in [0.4, 0.5) is 11.5 Å². The van der Waals surface area contributed by atoms with E-state index in [-0.39, 0.29) is 0 Å². The molecule has 0 fully saturated rings. The molecule has 0 unspecified atom stereocenters. The van der Waals surface area contributed by atoms with E-state index in [9.17, 15) is 0 Å². The van der Waals surface area contributed by atoms with Crippen LogP contribution in [0.1, 0.15) is 19.4 Å². The Bertz CT molecular complexity index is 1050. The quantitative estimate of drug-likeness (QED) is 0.442. The lowest BCUT2D eigenvalue weighted by Gasteiger charge is -2.21. The predicted molar refractivity (Wildman–Crippen MR) is 122 cm³/mol. The van der Waals surface area contributed by atoms with Gasteiger partial charge in [0.05, 0.1) is 5.39 Å². The Morgan fingerprint density at radius 1 is 0.931 bits per heavy atom. The molecule has 0 atom stereocenters. The minimum atomic E-state index is 0.829. The monoisotopic (exact) mass is 385 g/mol. The van der Waals surface area contributed by atoms with Crippen molar-refractivity contribution in [3.8, 4) is 11.3 Å². The number of nitrogens with one attached hydrogen (secondary N) is 2. The zero-order chi connectivity index (χ0) is 20.1. The molecule has 2 aromatic carbocycles. The van der Waals surface area contributed by atoms with Crippen molar-refractivity contribution in [3.63, 3.8) is 0 Å². The summed E-state index contributed by atoms with van der Waals surface area (Å²) in [7, 11) is 0. The summed E-state index contributed by atoms with van der Waals surface area (Å²) in [6.45, 7) is 7.21. The van der Waals surface area contributed by atoms with E-state index in [1.54, 1.807) is 6.33 Å². The standard InChI is InChI=1S/C24H27N5/c1-3-29(4-2)20-12-10-19(11-13-20)22-16-21-23(26-17-27-24(21)28-22)25-15-14-18-8-6-5-7-9-18/h5-13,16-17H,3-4,14-15H2,1-2H3,(H2,25,26,27,28). The molecule has 0 aliphatic carbocycles. The Balaban J connectivity index is 1.52. The highest BCUT2D eigenvalue weighted by atomic mass is 15.1. The van der Waals surface area contributed by atoms with Crippen LogP contribution in [0.2, 0.25) is 0 Å². The summed E-state index contributed by atoms with van der Waals surface area (Å²) in [4.78, 5) is 14.6. The Hall–Kier alpha value is -3.34. The summed E-state index contributed by atoms with van der Waals surface area (Å²) in [5.74, 6) is 0.869. The fourth-order valence-corrected chi connectivity index (χ4v) is 3.65. The van der Waals surface area contributed by atoms with Crippen LogP contribution >= 0.6 is 0 Å². The van der Waals surface area contributed by atoms with Gasteiger partial charge in [-0.15, -0.1) is 0 Å². The van der Waals surface area contributed by atoms with Gasteiger partial charge in [-0.1, -0.05) is 42.5 Å². The lowest BCUT2D eigenvalue weighted by Crippen LogP contribution is -2.21. The van der Waals surface area contributed by atoms with Crippen LogP contribution in [0.3, 0.4) is 0 Å². The molecule has 2 aromatic heterocycles. The molecule has 4 aromatic rings. The van der Waals surface area contributed by atoms with Gasteiger partial charge in [0.2, 0.25) is 0 Å². The van der Waals surface area contributed by atoms with Crippen molar-refractivity contribution in [2.24, 2.45) is 0 Å². The summed E-state index contributed by atoms with van der Waals surface area (Å²) in [5.41, 5.74) is 5.61. The topological polar surface area (TPSA) is 56.8 Å². The average Bonchev–Trinajstić information content (AvgIpc) is 3.21. The first-order chi connectivity index (χ1) is 14.3. The lowest BCUT2D eigenvalue weighted by molar-refractivity contribution is 0.866. The zero-order valence-electron chi connectivity index (χ0n) is 17.0. The summed E-state index contributed by atoms with van der Waals surface area (Å²) >= 11 is 0. The first-order valence-corrected chi connectivity index (χ1v) is 10.3. The second-order valence-electron chi connectivity index (χ2n) is 7.05. The van der Waals surface area contributed by atoms with E-state index in [2.05, 4.69) is 93.6 Å². The van der Waals surface area contributed by atoms with E-state index >= 15 is 0 Å². The molecule has 148 valence electrons. The fourth-order valence-electron chi connectivity index (χ4n) is 3.65. The van der Waals surface area contributed by atoms with Crippen LogP contribution in [0.15, 0.2) is 67.0 Å². The number of fused-ring (bicyclic) bond motifs is 1. The number of aromatic nitrogens is 3. The molecule has 5 nitrogen and oxygen atoms in total. The van der Waals surface area contributed by atoms with E-state index in [0.29, 0.717) is 0 Å². The van der Waals surface area contributed by atoms with Gasteiger partial charge in [-0.2, -0.15) is 0 Å². The van der Waals surface area contributed by atoms with Gasteiger partial charge in [-0.05, 0) is 49.6 Å². The first-order valence-electron chi connectivity index (χ1n) is 10.3. The van der Waals surface area contributed by atoms with Gasteiger partial charge in [-0.3, -0.25) is 0 Å². The van der Waals surface area contributed by atoms with E-state index in [0.717, 1.165) is 54.2 Å². The van der Waals surface area contributed by atoms with Crippen LogP contribution in [-0.2, 0) is 6.42 Å². The van der Waals surface area contributed by atoms with Gasteiger partial charge in [0.1, 0.15) is 17.8 Å². The minimum Gasteiger partial charge on any atom is -0.372 e. The molecule has 4 rings (SSSR count). The number of H-pyrrole nitrogens is 1. The van der Waals surface area contributed by atoms with Gasteiger partial charge < -0.3 is 15.2 Å². The van der Waals surface area contributed by atoms with Gasteiger partial charge in [0.15, 0.2) is 0 Å². The van der Waals surface area contributed by atoms with Crippen LogP contribution in [0, 0.1) is 0 Å². The maximum absolute atomic E-state index is 4.46. The number of rotatable bonds is 8. The lowest BCUT2D eigenvalue weighted by atomic mass is 10.1. The molecule has 5 heteroatoms. The molecule has 0 aliphatic rings. The van der Waals surface area contributed by atoms with Crippen molar-refractivity contribution in [2.45, 2.75) is 20.3 Å². The van der Waals surface area contributed by atoms with Crippen LogP contribution in [0.5, 0.6) is 0 Å². The van der Waals surface area contributed by atoms with Crippen LogP contribution in [0.25, 0.3) is 22.3 Å². The summed E-state index contributed by atoms with van der Waals surface area (Å²) in [6, 6.07) is 21.3. The third-order valence-corrected chi connectivity index (χ3v) is 5.28. The molecule has 2 heterocycles. The molecule has 0 saturated heterocycles. The van der Waals surface area contributed by atoms with E-state index in [1.165, 1.54) is 11.3 Å². The van der Waals surface area contributed by atoms with Crippen molar-refractivity contribution in [1.29, 1.82) is 0 Å². The normalized spacial score (nSPS) is 11.0. The highest BCUT2D eigenvalue weighted by Gasteiger charge is 2.10. The molecular weight excluding hydrogens is 358 g/mol. The number of aromatic amines is 1. The van der Waals surface area contributed by atoms with E-state index in [1.807, 2.05) is 6.07 Å². The van der Waals surface area contributed by atoms with Gasteiger partial charge in [-0.25, -0.2) is 9.97 Å². The van der Waals surface area contributed by atoms with Crippen molar-refractivity contribution in [1.82, 2.24) is 15.0 Å². The van der Waals surface area contributed by atoms with E-state index in [4.69, 9.17) is 0 Å². The number of hydrogen-bond donors (Lipinski definition) is 2. The number of nitrogens with zero attached hydrogens (tertiary/aromatic N) is 3. The zero-order valence-corrected chi connectivity index (χ0v) is 17.0. The van der Waals surface area contributed by atoms with Crippen LogP contribution in [-0.4, -0.2) is 34.6 Å². The fraction of sp³-hybridized carbons (Fsp3) is 0.250. The van der Waals surface area contributed by atoms with Crippen molar-refractivity contribution < 1.29 is 0 Å². The highest BCUT2D eigenvalue weighted by Crippen LogP contribution is 2.28. The maximum atomic E-state index is 4.46. The van der Waals surface area contributed by atoms with Crippen LogP contribution < -0.4 is 10.2 Å². The van der Waals surface area contributed by atoms with E-state index < -0.39 is 0 Å². The predicted octanol–water partition coefficient (Wildman–Crippen LogP) is 5.13. The minimum absolute atomic E-state index is 0.829. The molecule has 0 saturated carbocycles. The maximum Gasteiger partial charge on any atom is 0.143 e. The molecule has 0 bridgehead atoms. The molecule has 29 heavy (non-hydrogen) atoms. The van der Waals surface area contributed by atoms with Gasteiger partial charge >= 0.3 is 0 Å². The Morgan fingerprint density at radius 3 is 2.41 bits per heavy atom. The Kier molecular flexibility index (Phi) is 5.75. The number of hydrogen-bond acceptors (Lipinski definition) is 4. The third kappa shape index (κ3) is 4.24. The molecule has 0 spiro atoms. The molecule has 0 aliphatic heterocycles. The number of benzene rings is 2. The molecule has 2 N–H and O–H groups in total. The second-order valence-corrected chi connectivity index (χ2v) is 7.05. The third-order valence-electron chi connectivity index (χ3n) is 5.28. The summed E-state index contributed by atoms with van der Waals surface area (Å²) in [5, 5.41) is 4.48. The van der Waals surface area contributed by atoms with Gasteiger partial charge in [0.25, 0.3) is 0 Å². The summed E-state index contributed by atoms with van der Waals surface area (Å²) < 4.78 is 0. The first kappa shape index (κ1) is 19.0. The van der Waals surface area contributed by atoms with Crippen molar-refractivity contribution >= 4 is 22.5 Å². The number of anilines is 2. The summed E-state index contributed by atoms with van der Waals surface area (Å²) in [6.07, 6.45) is 2.56. The van der Waals surface area contributed by atoms with Crippen molar-refractivity contribution in [3.05, 3.63) is 72.6 Å². The highest BCUT2D eigenvalue weighted by molar-refractivity contribution is 5.91. The van der Waals surface area contributed by atoms with Crippen molar-refractivity contribution in [2.75, 3.05) is 29.9 Å². The molecular formula is C24H27N5. The SMILES string of the molecule is CCN(CC)c1ccc(-c2cc3c(NCCc4ccccc4)ncnc3[nH]2)cc1. The van der Waals surface area contributed by atoms with Gasteiger partial charge in [0, 0.05) is 31.0 Å². The second kappa shape index (κ2) is 8.78. The largest absolute Gasteiger partial charge is 0.372 e. The Morgan fingerprint density at radius 2 is 1.69 bits per heavy atom. The Labute approximate surface area is 171 Å². The molecule has 0 amide bonds. The molecule has 0 radical (unpaired) electrons. The smallest absolute Gasteiger partial charge is 0.143 e.